The smallest absolute Gasteiger partial charge is 0.258 e. The average molecular weight is 302 g/mol. The molecule has 2 fully saturated rings. The minimum Gasteiger partial charge on any atom is -0.484 e. The van der Waals surface area contributed by atoms with E-state index in [1.54, 1.807) is 0 Å². The molecule has 0 aliphatic heterocycles. The summed E-state index contributed by atoms with van der Waals surface area (Å²) in [7, 11) is 0. The maximum absolute atomic E-state index is 11.8. The van der Waals surface area contributed by atoms with Crippen molar-refractivity contribution < 1.29 is 14.3 Å². The molecule has 0 aromatic heterocycles. The number of carbonyl (C=O) groups excluding carboxylic acids is 2. The number of carbonyl (C=O) groups is 2. The third-order valence-corrected chi connectivity index (χ3v) is 4.12. The molecule has 0 radical (unpaired) electrons. The Morgan fingerprint density at radius 2 is 2.09 bits per heavy atom. The molecule has 2 N–H and O–H groups in total. The molecule has 118 valence electrons. The number of amides is 2. The van der Waals surface area contributed by atoms with Gasteiger partial charge >= 0.3 is 0 Å². The van der Waals surface area contributed by atoms with Gasteiger partial charge in [-0.05, 0) is 42.9 Å². The molecule has 5 heteroatoms. The quantitative estimate of drug-likeness (QED) is 0.804. The maximum Gasteiger partial charge on any atom is 0.258 e. The first kappa shape index (κ1) is 14.9. The van der Waals surface area contributed by atoms with Crippen molar-refractivity contribution in [1.82, 2.24) is 10.6 Å². The highest BCUT2D eigenvalue weighted by molar-refractivity contribution is 5.81. The second-order valence-corrected chi connectivity index (χ2v) is 6.32. The van der Waals surface area contributed by atoms with E-state index in [0.717, 1.165) is 24.8 Å². The Labute approximate surface area is 130 Å². The van der Waals surface area contributed by atoms with Gasteiger partial charge < -0.3 is 15.4 Å². The number of hydrogen-bond donors (Lipinski definition) is 2. The number of benzene rings is 1. The van der Waals surface area contributed by atoms with Gasteiger partial charge in [0, 0.05) is 18.5 Å². The molecule has 0 spiro atoms. The maximum atomic E-state index is 11.8. The van der Waals surface area contributed by atoms with Gasteiger partial charge in [0.15, 0.2) is 6.61 Å². The average Bonchev–Trinajstić information content (AvgIpc) is 3.42. The number of nitrogens with one attached hydrogen (secondary N) is 2. The first-order chi connectivity index (χ1) is 10.6. The number of hydrogen-bond acceptors (Lipinski definition) is 3. The topological polar surface area (TPSA) is 67.4 Å². The monoisotopic (exact) mass is 302 g/mol. The second kappa shape index (κ2) is 6.38. The van der Waals surface area contributed by atoms with Crippen molar-refractivity contribution in [3.8, 4) is 5.75 Å². The Balaban J connectivity index is 1.44. The van der Waals surface area contributed by atoms with E-state index in [4.69, 9.17) is 4.74 Å². The molecule has 2 aliphatic carbocycles. The van der Waals surface area contributed by atoms with E-state index in [1.165, 1.54) is 0 Å². The van der Waals surface area contributed by atoms with Crippen molar-refractivity contribution in [2.45, 2.75) is 38.8 Å². The van der Waals surface area contributed by atoms with Gasteiger partial charge in [0.2, 0.25) is 5.91 Å². The van der Waals surface area contributed by atoms with Gasteiger partial charge in [-0.15, -0.1) is 0 Å². The molecular formula is C17H22N2O3. The Morgan fingerprint density at radius 1 is 1.32 bits per heavy atom. The highest BCUT2D eigenvalue weighted by Crippen LogP contribution is 2.37. The molecule has 1 aromatic carbocycles. The summed E-state index contributed by atoms with van der Waals surface area (Å²) in [6.45, 7) is 2.62. The lowest BCUT2D eigenvalue weighted by Gasteiger charge is -2.09. The minimum atomic E-state index is -0.0797. The Hall–Kier alpha value is -2.04. The molecule has 2 atom stereocenters. The molecule has 3 rings (SSSR count). The van der Waals surface area contributed by atoms with E-state index < -0.39 is 0 Å². The fourth-order valence-electron chi connectivity index (χ4n) is 2.40. The Morgan fingerprint density at radius 3 is 2.77 bits per heavy atom. The first-order valence-electron chi connectivity index (χ1n) is 7.90. The molecule has 0 saturated heterocycles. The fraction of sp³-hybridized carbons (Fsp3) is 0.529. The summed E-state index contributed by atoms with van der Waals surface area (Å²) < 4.78 is 5.50. The lowest BCUT2D eigenvalue weighted by molar-refractivity contribution is -0.123. The summed E-state index contributed by atoms with van der Waals surface area (Å²) in [6, 6.07) is 7.84. The third kappa shape index (κ3) is 4.23. The zero-order valence-corrected chi connectivity index (χ0v) is 12.8. The Kier molecular flexibility index (Phi) is 4.32. The van der Waals surface area contributed by atoms with Gasteiger partial charge in [-0.3, -0.25) is 9.59 Å². The molecule has 2 aliphatic rings. The minimum absolute atomic E-state index is 0.0336. The molecule has 1 aromatic rings. The van der Waals surface area contributed by atoms with Crippen LogP contribution < -0.4 is 15.4 Å². The van der Waals surface area contributed by atoms with Crippen LogP contribution in [0.3, 0.4) is 0 Å². The van der Waals surface area contributed by atoms with Crippen LogP contribution in [-0.2, 0) is 16.1 Å². The Bertz CT molecular complexity index is 569. The fourth-order valence-corrected chi connectivity index (χ4v) is 2.40. The van der Waals surface area contributed by atoms with Crippen LogP contribution >= 0.6 is 0 Å². The van der Waals surface area contributed by atoms with E-state index >= 15 is 0 Å². The van der Waals surface area contributed by atoms with Crippen LogP contribution in [0, 0.1) is 11.8 Å². The largest absolute Gasteiger partial charge is 0.484 e. The molecule has 22 heavy (non-hydrogen) atoms. The molecule has 0 heterocycles. The molecule has 5 nitrogen and oxygen atoms in total. The van der Waals surface area contributed by atoms with E-state index in [1.807, 2.05) is 24.3 Å². The number of ether oxygens (including phenoxy) is 1. The van der Waals surface area contributed by atoms with Crippen molar-refractivity contribution in [3.63, 3.8) is 0 Å². The molecule has 0 bridgehead atoms. The molecule has 0 unspecified atom stereocenters. The van der Waals surface area contributed by atoms with E-state index in [0.29, 0.717) is 24.3 Å². The highest BCUT2D eigenvalue weighted by Gasteiger charge is 2.38. The standard InChI is InChI=1S/C17H22N2O3/c1-11-7-15(11)17(21)18-9-12-3-2-4-14(8-12)22-10-16(20)19-13-5-6-13/h2-4,8,11,13,15H,5-7,9-10H2,1H3,(H,18,21)(H,19,20)/t11-,15-/m0/s1. The third-order valence-electron chi connectivity index (χ3n) is 4.12. The van der Waals surface area contributed by atoms with Crippen LogP contribution in [0.25, 0.3) is 0 Å². The highest BCUT2D eigenvalue weighted by atomic mass is 16.5. The van der Waals surface area contributed by atoms with Crippen LogP contribution in [0.5, 0.6) is 5.75 Å². The summed E-state index contributed by atoms with van der Waals surface area (Å²) in [5, 5.41) is 5.83. The van der Waals surface area contributed by atoms with E-state index in [2.05, 4.69) is 17.6 Å². The summed E-state index contributed by atoms with van der Waals surface area (Å²) >= 11 is 0. The molecular weight excluding hydrogens is 280 g/mol. The van der Waals surface area contributed by atoms with Gasteiger partial charge in [0.1, 0.15) is 5.75 Å². The van der Waals surface area contributed by atoms with Crippen LogP contribution in [0.2, 0.25) is 0 Å². The van der Waals surface area contributed by atoms with E-state index in [9.17, 15) is 9.59 Å². The van der Waals surface area contributed by atoms with Crippen LogP contribution in [0.1, 0.15) is 31.7 Å². The van der Waals surface area contributed by atoms with Gasteiger partial charge in [0.25, 0.3) is 5.91 Å². The van der Waals surface area contributed by atoms with Gasteiger partial charge in [-0.1, -0.05) is 19.1 Å². The molecule has 2 saturated carbocycles. The van der Waals surface area contributed by atoms with Gasteiger partial charge in [-0.25, -0.2) is 0 Å². The van der Waals surface area contributed by atoms with Crippen molar-refractivity contribution in [3.05, 3.63) is 29.8 Å². The summed E-state index contributed by atoms with van der Waals surface area (Å²) in [4.78, 5) is 23.4. The number of rotatable bonds is 7. The lowest BCUT2D eigenvalue weighted by Crippen LogP contribution is -2.30. The SMILES string of the molecule is C[C@H]1C[C@@H]1C(=O)NCc1cccc(OCC(=O)NC2CC2)c1. The van der Waals surface area contributed by atoms with E-state index in [-0.39, 0.29) is 24.3 Å². The van der Waals surface area contributed by atoms with Crippen molar-refractivity contribution >= 4 is 11.8 Å². The van der Waals surface area contributed by atoms with Crippen molar-refractivity contribution in [2.24, 2.45) is 11.8 Å². The van der Waals surface area contributed by atoms with Crippen LogP contribution in [-0.4, -0.2) is 24.5 Å². The zero-order valence-electron chi connectivity index (χ0n) is 12.8. The van der Waals surface area contributed by atoms with Gasteiger partial charge in [-0.2, -0.15) is 0 Å². The normalized spacial score (nSPS) is 22.8. The van der Waals surface area contributed by atoms with Crippen molar-refractivity contribution in [2.75, 3.05) is 6.61 Å². The summed E-state index contributed by atoms with van der Waals surface area (Å²) in [5.74, 6) is 1.40. The van der Waals surface area contributed by atoms with Crippen LogP contribution in [0.15, 0.2) is 24.3 Å². The first-order valence-corrected chi connectivity index (χ1v) is 7.90. The van der Waals surface area contributed by atoms with Crippen molar-refractivity contribution in [1.29, 1.82) is 0 Å². The lowest BCUT2D eigenvalue weighted by atomic mass is 10.2. The molecule has 2 amide bonds. The second-order valence-electron chi connectivity index (χ2n) is 6.32. The predicted molar refractivity (Wildman–Crippen MR) is 82.2 cm³/mol. The zero-order chi connectivity index (χ0) is 15.5. The summed E-state index contributed by atoms with van der Waals surface area (Å²) in [6.07, 6.45) is 3.13. The summed E-state index contributed by atoms with van der Waals surface area (Å²) in [5.41, 5.74) is 0.974. The predicted octanol–water partition coefficient (Wildman–Crippen LogP) is 1.62. The van der Waals surface area contributed by atoms with Crippen LogP contribution in [0.4, 0.5) is 0 Å². The van der Waals surface area contributed by atoms with Gasteiger partial charge in [0.05, 0.1) is 0 Å².